The van der Waals surface area contributed by atoms with Crippen LogP contribution in [0.25, 0.3) is 11.1 Å². The molecule has 174 valence electrons. The Balaban J connectivity index is 1.31. The Labute approximate surface area is 193 Å². The van der Waals surface area contributed by atoms with Crippen molar-refractivity contribution in [2.45, 2.75) is 38.6 Å². The molecule has 0 spiro atoms. The summed E-state index contributed by atoms with van der Waals surface area (Å²) in [6.45, 7) is 4.41. The van der Waals surface area contributed by atoms with E-state index in [-0.39, 0.29) is 31.0 Å². The normalized spacial score (nSPS) is 20.5. The number of amides is 2. The molecule has 0 radical (unpaired) electrons. The molecule has 2 aromatic rings. The van der Waals surface area contributed by atoms with E-state index in [1.165, 1.54) is 0 Å². The minimum atomic E-state index is -0.871. The largest absolute Gasteiger partial charge is 0.481 e. The Morgan fingerprint density at radius 3 is 2.30 bits per heavy atom. The van der Waals surface area contributed by atoms with Crippen LogP contribution in [0.1, 0.15) is 43.7 Å². The van der Waals surface area contributed by atoms with Crippen LogP contribution < -0.4 is 5.32 Å². The highest BCUT2D eigenvalue weighted by molar-refractivity contribution is 5.81. The van der Waals surface area contributed by atoms with E-state index in [9.17, 15) is 19.5 Å². The lowest BCUT2D eigenvalue weighted by Gasteiger charge is -2.38. The van der Waals surface area contributed by atoms with Crippen molar-refractivity contribution >= 4 is 18.0 Å². The molecule has 0 saturated carbocycles. The van der Waals surface area contributed by atoms with Crippen LogP contribution in [-0.4, -0.2) is 53.7 Å². The molecule has 1 unspecified atom stereocenters. The molecule has 2 aromatic carbocycles. The van der Waals surface area contributed by atoms with E-state index in [4.69, 9.17) is 4.74 Å². The smallest absolute Gasteiger partial charge is 0.407 e. The van der Waals surface area contributed by atoms with Crippen LogP contribution in [0.5, 0.6) is 0 Å². The number of carbonyl (C=O) groups is 3. The van der Waals surface area contributed by atoms with E-state index in [1.54, 1.807) is 18.7 Å². The number of carboxylic acids is 1. The zero-order valence-corrected chi connectivity index (χ0v) is 19.0. The third kappa shape index (κ3) is 4.58. The van der Waals surface area contributed by atoms with Crippen molar-refractivity contribution in [2.75, 3.05) is 19.7 Å². The first-order valence-corrected chi connectivity index (χ1v) is 11.5. The maximum absolute atomic E-state index is 12.9. The monoisotopic (exact) mass is 450 g/mol. The second-order valence-corrected chi connectivity index (χ2v) is 8.97. The Morgan fingerprint density at radius 1 is 1.09 bits per heavy atom. The summed E-state index contributed by atoms with van der Waals surface area (Å²) in [5, 5.41) is 12.1. The van der Waals surface area contributed by atoms with Crippen molar-refractivity contribution in [3.63, 3.8) is 0 Å². The molecule has 0 aromatic heterocycles. The van der Waals surface area contributed by atoms with E-state index in [0.29, 0.717) is 19.4 Å². The van der Waals surface area contributed by atoms with Gasteiger partial charge in [-0.15, -0.1) is 0 Å². The van der Waals surface area contributed by atoms with Crippen molar-refractivity contribution in [1.29, 1.82) is 0 Å². The van der Waals surface area contributed by atoms with Crippen LogP contribution in [0.3, 0.4) is 0 Å². The molecule has 1 fully saturated rings. The first kappa shape index (κ1) is 22.8. The summed E-state index contributed by atoms with van der Waals surface area (Å²) >= 11 is 0. The molecule has 1 saturated heterocycles. The predicted octanol–water partition coefficient (Wildman–Crippen LogP) is 3.87. The SMILES string of the molecule is CC(CNC(=O)OCC1c2ccccc2-c2ccccc21)C(=O)N1CCC[C@H](C(=O)O)[C@@H]1C. The fraction of sp³-hybridized carbons (Fsp3) is 0.423. The average Bonchev–Trinajstić information content (AvgIpc) is 3.14. The molecular formula is C26H30N2O5. The van der Waals surface area contributed by atoms with Gasteiger partial charge in [0.2, 0.25) is 5.91 Å². The summed E-state index contributed by atoms with van der Waals surface area (Å²) < 4.78 is 5.53. The maximum Gasteiger partial charge on any atom is 0.407 e. The lowest BCUT2D eigenvalue weighted by molar-refractivity contribution is -0.150. The van der Waals surface area contributed by atoms with Crippen LogP contribution in [0.4, 0.5) is 4.79 Å². The molecule has 4 rings (SSSR count). The highest BCUT2D eigenvalue weighted by atomic mass is 16.5. The van der Waals surface area contributed by atoms with Gasteiger partial charge in [-0.2, -0.15) is 0 Å². The second-order valence-electron chi connectivity index (χ2n) is 8.97. The standard InChI is InChI=1S/C26H30N2O5/c1-16(24(29)28-13-7-12-18(17(28)2)25(30)31)14-27-26(32)33-15-23-21-10-5-3-8-19(21)20-9-4-6-11-22(20)23/h3-6,8-11,16-18,23H,7,12-15H2,1-2H3,(H,27,32)(H,30,31)/t16?,17-,18-/m0/s1. The summed E-state index contributed by atoms with van der Waals surface area (Å²) in [6, 6.07) is 15.9. The van der Waals surface area contributed by atoms with Crippen LogP contribution in [0.2, 0.25) is 0 Å². The van der Waals surface area contributed by atoms with Gasteiger partial charge in [0.25, 0.3) is 0 Å². The summed E-state index contributed by atoms with van der Waals surface area (Å²) in [7, 11) is 0. The summed E-state index contributed by atoms with van der Waals surface area (Å²) in [6.07, 6.45) is 0.679. The van der Waals surface area contributed by atoms with Gasteiger partial charge in [0.1, 0.15) is 6.61 Å². The molecule has 2 N–H and O–H groups in total. The van der Waals surface area contributed by atoms with Crippen molar-refractivity contribution in [2.24, 2.45) is 11.8 Å². The zero-order valence-electron chi connectivity index (χ0n) is 19.0. The fourth-order valence-electron chi connectivity index (χ4n) is 5.04. The first-order valence-electron chi connectivity index (χ1n) is 11.5. The van der Waals surface area contributed by atoms with E-state index in [0.717, 1.165) is 22.3 Å². The van der Waals surface area contributed by atoms with Crippen molar-refractivity contribution in [3.05, 3.63) is 59.7 Å². The minimum Gasteiger partial charge on any atom is -0.481 e. The molecular weight excluding hydrogens is 420 g/mol. The number of nitrogens with one attached hydrogen (secondary N) is 1. The van der Waals surface area contributed by atoms with E-state index >= 15 is 0 Å². The molecule has 2 aliphatic rings. The van der Waals surface area contributed by atoms with Gasteiger partial charge in [0, 0.05) is 25.0 Å². The number of hydrogen-bond acceptors (Lipinski definition) is 4. The van der Waals surface area contributed by atoms with Gasteiger partial charge < -0.3 is 20.1 Å². The maximum atomic E-state index is 12.9. The number of alkyl carbamates (subject to hydrolysis) is 1. The van der Waals surface area contributed by atoms with Gasteiger partial charge in [0.15, 0.2) is 0 Å². The molecule has 33 heavy (non-hydrogen) atoms. The van der Waals surface area contributed by atoms with Gasteiger partial charge in [-0.1, -0.05) is 55.5 Å². The molecule has 1 heterocycles. The molecule has 1 aliphatic carbocycles. The number of carboxylic acid groups (broad SMARTS) is 1. The number of rotatable bonds is 6. The number of hydrogen-bond donors (Lipinski definition) is 2. The second kappa shape index (κ2) is 9.65. The number of benzene rings is 2. The van der Waals surface area contributed by atoms with Crippen LogP contribution in [0.15, 0.2) is 48.5 Å². The zero-order chi connectivity index (χ0) is 23.5. The number of nitrogens with zero attached hydrogens (tertiary/aromatic N) is 1. The first-order chi connectivity index (χ1) is 15.9. The lowest BCUT2D eigenvalue weighted by atomic mass is 9.89. The molecule has 1 aliphatic heterocycles. The molecule has 7 heteroatoms. The number of ether oxygens (including phenoxy) is 1. The number of piperidine rings is 1. The van der Waals surface area contributed by atoms with Gasteiger partial charge in [0.05, 0.1) is 11.8 Å². The molecule has 3 atom stereocenters. The highest BCUT2D eigenvalue weighted by Gasteiger charge is 2.36. The minimum absolute atomic E-state index is 0.0237. The molecule has 0 bridgehead atoms. The van der Waals surface area contributed by atoms with E-state index in [2.05, 4.69) is 29.6 Å². The molecule has 2 amide bonds. The van der Waals surface area contributed by atoms with Crippen molar-refractivity contribution in [3.8, 4) is 11.1 Å². The average molecular weight is 451 g/mol. The lowest BCUT2D eigenvalue weighted by Crippen LogP contribution is -2.52. The number of likely N-dealkylation sites (tertiary alicyclic amines) is 1. The topological polar surface area (TPSA) is 95.9 Å². The van der Waals surface area contributed by atoms with Gasteiger partial charge in [-0.05, 0) is 42.0 Å². The Hall–Kier alpha value is -3.35. The van der Waals surface area contributed by atoms with Crippen LogP contribution in [-0.2, 0) is 14.3 Å². The summed E-state index contributed by atoms with van der Waals surface area (Å²) in [4.78, 5) is 38.3. The highest BCUT2D eigenvalue weighted by Crippen LogP contribution is 2.44. The van der Waals surface area contributed by atoms with Crippen molar-refractivity contribution in [1.82, 2.24) is 10.2 Å². The quantitative estimate of drug-likeness (QED) is 0.697. The predicted molar refractivity (Wildman–Crippen MR) is 124 cm³/mol. The van der Waals surface area contributed by atoms with Gasteiger partial charge in [-0.25, -0.2) is 4.79 Å². The number of aliphatic carboxylic acids is 1. The van der Waals surface area contributed by atoms with Crippen molar-refractivity contribution < 1.29 is 24.2 Å². The molecule has 7 nitrogen and oxygen atoms in total. The Morgan fingerprint density at radius 2 is 1.70 bits per heavy atom. The van der Waals surface area contributed by atoms with E-state index < -0.39 is 23.9 Å². The van der Waals surface area contributed by atoms with Crippen LogP contribution >= 0.6 is 0 Å². The summed E-state index contributed by atoms with van der Waals surface area (Å²) in [5.41, 5.74) is 4.61. The third-order valence-electron chi connectivity index (χ3n) is 6.91. The Bertz CT molecular complexity index is 1010. The van der Waals surface area contributed by atoms with Crippen LogP contribution in [0, 0.1) is 11.8 Å². The Kier molecular flexibility index (Phi) is 6.67. The number of carbonyl (C=O) groups excluding carboxylic acids is 2. The third-order valence-corrected chi connectivity index (χ3v) is 6.91. The van der Waals surface area contributed by atoms with Gasteiger partial charge in [-0.3, -0.25) is 9.59 Å². The van der Waals surface area contributed by atoms with E-state index in [1.807, 2.05) is 24.3 Å². The summed E-state index contributed by atoms with van der Waals surface area (Å²) in [5.74, 6) is -2.06. The fourth-order valence-corrected chi connectivity index (χ4v) is 5.04. The van der Waals surface area contributed by atoms with Gasteiger partial charge >= 0.3 is 12.1 Å². The number of fused-ring (bicyclic) bond motifs is 3.